The number of hydrogen-bond acceptors (Lipinski definition) is 4. The van der Waals surface area contributed by atoms with Crippen LogP contribution >= 0.6 is 0 Å². The van der Waals surface area contributed by atoms with Gasteiger partial charge in [-0.3, -0.25) is 14.4 Å². The lowest BCUT2D eigenvalue weighted by molar-refractivity contribution is -0.143. The van der Waals surface area contributed by atoms with Crippen LogP contribution in [0, 0.1) is 29.1 Å². The van der Waals surface area contributed by atoms with Crippen molar-refractivity contribution in [2.45, 2.75) is 91.5 Å². The molecule has 1 aliphatic heterocycles. The Morgan fingerprint density at radius 2 is 1.80 bits per heavy atom. The van der Waals surface area contributed by atoms with Crippen molar-refractivity contribution in [2.75, 3.05) is 26.8 Å². The number of ether oxygens (including phenoxy) is 1. The van der Waals surface area contributed by atoms with Gasteiger partial charge in [0.25, 0.3) is 0 Å². The van der Waals surface area contributed by atoms with Crippen molar-refractivity contribution in [1.29, 1.82) is 0 Å². The van der Waals surface area contributed by atoms with E-state index >= 15 is 0 Å². The van der Waals surface area contributed by atoms with E-state index in [4.69, 9.17) is 4.74 Å². The predicted molar refractivity (Wildman–Crippen MR) is 137 cm³/mol. The molecule has 7 nitrogen and oxygen atoms in total. The minimum Gasteiger partial charge on any atom is -0.375 e. The highest BCUT2D eigenvalue weighted by atomic mass is 16.5. The molecule has 3 rings (SSSR count). The van der Waals surface area contributed by atoms with E-state index < -0.39 is 12.0 Å². The second-order valence-corrected chi connectivity index (χ2v) is 11.9. The summed E-state index contributed by atoms with van der Waals surface area (Å²) in [4.78, 5) is 41.1. The van der Waals surface area contributed by atoms with E-state index in [9.17, 15) is 14.4 Å². The molecule has 0 aromatic heterocycles. The van der Waals surface area contributed by atoms with Crippen molar-refractivity contribution in [3.8, 4) is 0 Å². The molecule has 1 saturated heterocycles. The number of nitrogens with one attached hydrogen (secondary N) is 2. The van der Waals surface area contributed by atoms with Crippen LogP contribution in [0.2, 0.25) is 0 Å². The highest BCUT2D eigenvalue weighted by Gasteiger charge is 2.43. The number of rotatable bonds is 8. The standard InChI is InChI=1S/C28H47N3O4/c1-19(2)25(30-26(33)21-13-9-10-14-23(21)29-24(32)17-35-5)27(34)31-16-15-22(28(3,4)18-31)20-11-7-6-8-12-20/h14,19-22,25H,6-13,15-18H2,1-5H3,(H,29,32)(H,30,33)/t21?,22?,25-/m1/s1. The summed E-state index contributed by atoms with van der Waals surface area (Å²) < 4.78 is 4.91. The van der Waals surface area contributed by atoms with Gasteiger partial charge in [0.2, 0.25) is 17.7 Å². The van der Waals surface area contributed by atoms with Gasteiger partial charge in [-0.05, 0) is 48.9 Å². The molecule has 1 saturated carbocycles. The van der Waals surface area contributed by atoms with E-state index in [1.807, 2.05) is 24.8 Å². The van der Waals surface area contributed by atoms with E-state index in [0.29, 0.717) is 18.0 Å². The maximum absolute atomic E-state index is 13.7. The van der Waals surface area contributed by atoms with Gasteiger partial charge < -0.3 is 20.3 Å². The fraction of sp³-hybridized carbons (Fsp3) is 0.821. The third kappa shape index (κ3) is 7.08. The Hall–Kier alpha value is -1.89. The number of allylic oxidation sites excluding steroid dienone is 1. The first-order chi connectivity index (χ1) is 16.6. The van der Waals surface area contributed by atoms with Crippen molar-refractivity contribution < 1.29 is 19.1 Å². The Balaban J connectivity index is 1.65. The van der Waals surface area contributed by atoms with Crippen LogP contribution in [0.15, 0.2) is 11.8 Å². The van der Waals surface area contributed by atoms with Gasteiger partial charge in [0.1, 0.15) is 12.6 Å². The smallest absolute Gasteiger partial charge is 0.250 e. The third-order valence-electron chi connectivity index (χ3n) is 8.39. The normalized spacial score (nSPS) is 26.1. The second kappa shape index (κ2) is 12.4. The molecular formula is C28H47N3O4. The zero-order chi connectivity index (χ0) is 25.6. The summed E-state index contributed by atoms with van der Waals surface area (Å²) in [6.45, 7) is 10.1. The molecule has 0 spiro atoms. The van der Waals surface area contributed by atoms with Gasteiger partial charge in [-0.25, -0.2) is 0 Å². The highest BCUT2D eigenvalue weighted by Crippen LogP contribution is 2.45. The van der Waals surface area contributed by atoms with Crippen LogP contribution in [-0.4, -0.2) is 55.5 Å². The van der Waals surface area contributed by atoms with Crippen molar-refractivity contribution in [3.63, 3.8) is 0 Å². The zero-order valence-electron chi connectivity index (χ0n) is 22.5. The summed E-state index contributed by atoms with van der Waals surface area (Å²) in [5.74, 6) is 0.534. The molecule has 2 unspecified atom stereocenters. The summed E-state index contributed by atoms with van der Waals surface area (Å²) in [7, 11) is 1.47. The Morgan fingerprint density at radius 3 is 2.43 bits per heavy atom. The van der Waals surface area contributed by atoms with Crippen LogP contribution in [0.3, 0.4) is 0 Å². The minimum atomic E-state index is -0.567. The molecule has 0 aromatic rings. The van der Waals surface area contributed by atoms with E-state index in [2.05, 4.69) is 24.5 Å². The number of likely N-dealkylation sites (tertiary alicyclic amines) is 1. The van der Waals surface area contributed by atoms with Crippen LogP contribution < -0.4 is 10.6 Å². The summed E-state index contributed by atoms with van der Waals surface area (Å²) in [6, 6.07) is -0.567. The Morgan fingerprint density at radius 1 is 1.09 bits per heavy atom. The average Bonchev–Trinajstić information content (AvgIpc) is 2.82. The van der Waals surface area contributed by atoms with Gasteiger partial charge in [-0.15, -0.1) is 0 Å². The molecule has 1 heterocycles. The summed E-state index contributed by atoms with van der Waals surface area (Å²) in [6.07, 6.45) is 12.0. The maximum Gasteiger partial charge on any atom is 0.250 e. The second-order valence-electron chi connectivity index (χ2n) is 11.9. The molecule has 3 atom stereocenters. The zero-order valence-corrected chi connectivity index (χ0v) is 22.5. The van der Waals surface area contributed by atoms with Crippen molar-refractivity contribution in [3.05, 3.63) is 11.8 Å². The average molecular weight is 490 g/mol. The number of hydrogen-bond donors (Lipinski definition) is 2. The van der Waals surface area contributed by atoms with Gasteiger partial charge in [0, 0.05) is 25.9 Å². The van der Waals surface area contributed by atoms with E-state index in [1.165, 1.54) is 39.2 Å². The molecule has 2 fully saturated rings. The van der Waals surface area contributed by atoms with Gasteiger partial charge in [-0.1, -0.05) is 65.9 Å². The Labute approximate surface area is 211 Å². The molecule has 3 amide bonds. The monoisotopic (exact) mass is 489 g/mol. The minimum absolute atomic E-state index is 0.0216. The Kier molecular flexibility index (Phi) is 9.79. The first-order valence-corrected chi connectivity index (χ1v) is 13.7. The third-order valence-corrected chi connectivity index (χ3v) is 8.39. The number of carbonyl (C=O) groups is 3. The molecule has 3 aliphatic rings. The van der Waals surface area contributed by atoms with Crippen LogP contribution in [0.25, 0.3) is 0 Å². The van der Waals surface area contributed by atoms with Gasteiger partial charge in [0.05, 0.1) is 5.92 Å². The largest absolute Gasteiger partial charge is 0.375 e. The molecule has 2 N–H and O–H groups in total. The number of amides is 3. The first kappa shape index (κ1) is 27.7. The van der Waals surface area contributed by atoms with E-state index in [-0.39, 0.29) is 35.7 Å². The molecule has 0 aromatic carbocycles. The summed E-state index contributed by atoms with van der Waals surface area (Å²) in [5.41, 5.74) is 0.701. The lowest BCUT2D eigenvalue weighted by Gasteiger charge is -2.49. The quantitative estimate of drug-likeness (QED) is 0.539. The molecule has 7 heteroatoms. The van der Waals surface area contributed by atoms with Crippen molar-refractivity contribution in [1.82, 2.24) is 15.5 Å². The van der Waals surface area contributed by atoms with E-state index in [0.717, 1.165) is 38.3 Å². The highest BCUT2D eigenvalue weighted by molar-refractivity contribution is 5.90. The van der Waals surface area contributed by atoms with Crippen LogP contribution in [0.1, 0.15) is 85.5 Å². The molecular weight excluding hydrogens is 442 g/mol. The summed E-state index contributed by atoms with van der Waals surface area (Å²) in [5, 5.41) is 5.90. The molecule has 198 valence electrons. The SMILES string of the molecule is COCC(=O)NC1=CCCCC1C(=O)N[C@@H](C(=O)N1CCC(C2CCCCC2)C(C)(C)C1)C(C)C. The Bertz CT molecular complexity index is 785. The number of piperidine rings is 1. The molecule has 0 bridgehead atoms. The van der Waals surface area contributed by atoms with Crippen LogP contribution in [0.4, 0.5) is 0 Å². The van der Waals surface area contributed by atoms with Crippen LogP contribution in [-0.2, 0) is 19.1 Å². The van der Waals surface area contributed by atoms with Crippen LogP contribution in [0.5, 0.6) is 0 Å². The number of carbonyl (C=O) groups excluding carboxylic acids is 3. The topological polar surface area (TPSA) is 87.7 Å². The van der Waals surface area contributed by atoms with Crippen molar-refractivity contribution in [2.24, 2.45) is 29.1 Å². The number of nitrogens with zero attached hydrogens (tertiary/aromatic N) is 1. The molecule has 0 radical (unpaired) electrons. The summed E-state index contributed by atoms with van der Waals surface area (Å²) >= 11 is 0. The predicted octanol–water partition coefficient (Wildman–Crippen LogP) is 4.03. The van der Waals surface area contributed by atoms with Crippen molar-refractivity contribution >= 4 is 17.7 Å². The maximum atomic E-state index is 13.7. The van der Waals surface area contributed by atoms with Gasteiger partial charge in [-0.2, -0.15) is 0 Å². The molecule has 2 aliphatic carbocycles. The lowest BCUT2D eigenvalue weighted by Crippen LogP contribution is -2.58. The first-order valence-electron chi connectivity index (χ1n) is 13.7. The fourth-order valence-electron chi connectivity index (χ4n) is 6.55. The molecule has 35 heavy (non-hydrogen) atoms. The number of methoxy groups -OCH3 is 1. The van der Waals surface area contributed by atoms with E-state index in [1.54, 1.807) is 0 Å². The fourth-order valence-corrected chi connectivity index (χ4v) is 6.55. The lowest BCUT2D eigenvalue weighted by atomic mass is 9.64. The van der Waals surface area contributed by atoms with Gasteiger partial charge >= 0.3 is 0 Å². The van der Waals surface area contributed by atoms with Gasteiger partial charge in [0.15, 0.2) is 0 Å².